The van der Waals surface area contributed by atoms with Crippen molar-refractivity contribution < 1.29 is 0 Å². The van der Waals surface area contributed by atoms with Gasteiger partial charge in [0, 0.05) is 0 Å². The van der Waals surface area contributed by atoms with Gasteiger partial charge in [-0.1, -0.05) is 206 Å². The van der Waals surface area contributed by atoms with Crippen molar-refractivity contribution in [1.29, 1.82) is 0 Å². The molecule has 0 aliphatic carbocycles. The second-order valence-electron chi connectivity index (χ2n) is 17.4. The Morgan fingerprint density at radius 1 is 0.172 bits per heavy atom. The summed E-state index contributed by atoms with van der Waals surface area (Å²) < 4.78 is 0. The fraction of sp³-hybridized carbons (Fsp3) is 0. The first-order valence-electron chi connectivity index (χ1n) is 22.3. The molecule has 14 aromatic rings. The van der Waals surface area contributed by atoms with E-state index in [2.05, 4.69) is 231 Å². The number of rotatable bonds is 5. The van der Waals surface area contributed by atoms with Gasteiger partial charge in [0.25, 0.3) is 0 Å². The summed E-state index contributed by atoms with van der Waals surface area (Å²) >= 11 is 0. The topological polar surface area (TPSA) is 0 Å². The van der Waals surface area contributed by atoms with E-state index in [1.807, 2.05) is 0 Å². The van der Waals surface area contributed by atoms with Crippen LogP contribution in [0.2, 0.25) is 0 Å². The molecule has 0 heterocycles. The molecule has 0 fully saturated rings. The molecule has 0 saturated carbocycles. The minimum Gasteiger partial charge on any atom is -0.0622 e. The van der Waals surface area contributed by atoms with Gasteiger partial charge >= 0.3 is 0 Å². The minimum absolute atomic E-state index is 1.21. The minimum atomic E-state index is 1.21. The zero-order chi connectivity index (χ0) is 41.9. The van der Waals surface area contributed by atoms with Crippen LogP contribution in [0, 0.1) is 0 Å². The highest BCUT2D eigenvalue weighted by Crippen LogP contribution is 2.55. The molecule has 0 N–H and O–H groups in total. The molecule has 0 atom stereocenters. The number of hydrogen-bond acceptors (Lipinski definition) is 0. The lowest BCUT2D eigenvalue weighted by Crippen LogP contribution is -1.91. The molecule has 0 heteroatoms. The molecule has 0 amide bonds. The average Bonchev–Trinajstić information content (AvgIpc) is 3.87. The molecule has 0 unspecified atom stereocenters. The Labute approximate surface area is 370 Å². The SMILES string of the molecule is c1ccc(-c2ccc(-c3ccccc3)c(-c3ccc4c(c3)c3cc5c(-c6ccccc6)c6c7cccc8c9ccccc9cc(c6c(-c6ccccc6)c5c5cccc4c35)c87)c2)cc1. The molecule has 0 aliphatic rings. The first-order chi connectivity index (χ1) is 31.8. The van der Waals surface area contributed by atoms with Crippen molar-refractivity contribution in [3.05, 3.63) is 231 Å². The van der Waals surface area contributed by atoms with Crippen LogP contribution in [0.4, 0.5) is 0 Å². The Hall–Kier alpha value is -8.32. The van der Waals surface area contributed by atoms with Crippen LogP contribution in [0.5, 0.6) is 0 Å². The van der Waals surface area contributed by atoms with E-state index in [4.69, 9.17) is 0 Å². The van der Waals surface area contributed by atoms with Gasteiger partial charge in [-0.2, -0.15) is 0 Å². The molecule has 0 saturated heterocycles. The standard InChI is InChI=1S/C64H38/c1-5-17-39(18-6-1)43-31-33-47(40-19-7-2-8-20-40)53(35-43)45-32-34-48-50-28-16-29-51-60(50)55(54(48)36-45)38-57-58(41-21-9-3-10-22-41)63-52-30-15-27-49-46-26-14-13-25-44(46)37-56(61(49)52)64(63)59(62(51)57)42-23-11-4-12-24-42/h1-38H. The van der Waals surface area contributed by atoms with Crippen LogP contribution in [0.15, 0.2) is 231 Å². The third kappa shape index (κ3) is 5.00. The van der Waals surface area contributed by atoms with Crippen LogP contribution in [0.1, 0.15) is 0 Å². The first-order valence-corrected chi connectivity index (χ1v) is 22.3. The Kier molecular flexibility index (Phi) is 7.49. The Bertz CT molecular complexity index is 4130. The monoisotopic (exact) mass is 806 g/mol. The molecule has 14 aromatic carbocycles. The van der Waals surface area contributed by atoms with Crippen molar-refractivity contribution in [2.24, 2.45) is 0 Å². The van der Waals surface area contributed by atoms with E-state index in [1.165, 1.54) is 142 Å². The molecular weight excluding hydrogens is 769 g/mol. The average molecular weight is 807 g/mol. The number of hydrogen-bond donors (Lipinski definition) is 0. The molecule has 0 spiro atoms. The van der Waals surface area contributed by atoms with Gasteiger partial charge in [-0.15, -0.1) is 0 Å². The highest BCUT2D eigenvalue weighted by molar-refractivity contribution is 6.46. The lowest BCUT2D eigenvalue weighted by Gasteiger charge is -2.19. The Morgan fingerprint density at radius 2 is 0.703 bits per heavy atom. The molecule has 0 nitrogen and oxygen atoms in total. The Balaban J connectivity index is 1.17. The van der Waals surface area contributed by atoms with Gasteiger partial charge in [0.15, 0.2) is 0 Å². The highest BCUT2D eigenvalue weighted by atomic mass is 14.3. The van der Waals surface area contributed by atoms with Crippen molar-refractivity contribution in [2.75, 3.05) is 0 Å². The molecule has 0 aliphatic heterocycles. The number of benzene rings is 12. The maximum absolute atomic E-state index is 2.56. The van der Waals surface area contributed by atoms with Gasteiger partial charge in [0.2, 0.25) is 0 Å². The van der Waals surface area contributed by atoms with Crippen molar-refractivity contribution in [2.45, 2.75) is 0 Å². The summed E-state index contributed by atoms with van der Waals surface area (Å²) in [5.74, 6) is 0. The van der Waals surface area contributed by atoms with E-state index in [1.54, 1.807) is 0 Å². The zero-order valence-corrected chi connectivity index (χ0v) is 34.9. The molecule has 0 aromatic heterocycles. The highest BCUT2D eigenvalue weighted by Gasteiger charge is 2.27. The normalized spacial score (nSPS) is 12.1. The summed E-state index contributed by atoms with van der Waals surface area (Å²) in [5.41, 5.74) is 12.4. The van der Waals surface area contributed by atoms with Crippen molar-refractivity contribution in [3.8, 4) is 55.6 Å². The molecular formula is C64H38. The van der Waals surface area contributed by atoms with E-state index < -0.39 is 0 Å². The molecule has 64 heavy (non-hydrogen) atoms. The molecule has 0 bridgehead atoms. The summed E-state index contributed by atoms with van der Waals surface area (Å²) in [6, 6.07) is 86.0. The predicted molar refractivity (Wildman–Crippen MR) is 276 cm³/mol. The van der Waals surface area contributed by atoms with E-state index in [-0.39, 0.29) is 0 Å². The van der Waals surface area contributed by atoms with Crippen LogP contribution in [0.3, 0.4) is 0 Å². The van der Waals surface area contributed by atoms with Gasteiger partial charge in [-0.3, -0.25) is 0 Å². The van der Waals surface area contributed by atoms with E-state index >= 15 is 0 Å². The van der Waals surface area contributed by atoms with Gasteiger partial charge < -0.3 is 0 Å². The summed E-state index contributed by atoms with van der Waals surface area (Å²) in [7, 11) is 0. The summed E-state index contributed by atoms with van der Waals surface area (Å²) in [6.07, 6.45) is 0. The first kappa shape index (κ1) is 35.3. The zero-order valence-electron chi connectivity index (χ0n) is 34.9. The maximum Gasteiger partial charge on any atom is -0.000697 e. The van der Waals surface area contributed by atoms with Gasteiger partial charge in [-0.05, 0) is 166 Å². The van der Waals surface area contributed by atoms with Gasteiger partial charge in [0.05, 0.1) is 0 Å². The lowest BCUT2D eigenvalue weighted by atomic mass is 9.83. The third-order valence-electron chi connectivity index (χ3n) is 14.1. The van der Waals surface area contributed by atoms with E-state index in [0.717, 1.165) is 0 Å². The van der Waals surface area contributed by atoms with Crippen LogP contribution in [-0.2, 0) is 0 Å². The smallest absolute Gasteiger partial charge is 0.000697 e. The van der Waals surface area contributed by atoms with Gasteiger partial charge in [0.1, 0.15) is 0 Å². The second-order valence-corrected chi connectivity index (χ2v) is 17.4. The predicted octanol–water partition coefficient (Wildman–Crippen LogP) is 18.1. The van der Waals surface area contributed by atoms with Crippen LogP contribution in [-0.4, -0.2) is 0 Å². The number of fused-ring (bicyclic) bond motifs is 10. The van der Waals surface area contributed by atoms with Crippen molar-refractivity contribution in [1.82, 2.24) is 0 Å². The summed E-state index contributed by atoms with van der Waals surface area (Å²) in [6.45, 7) is 0. The van der Waals surface area contributed by atoms with Crippen LogP contribution in [0.25, 0.3) is 142 Å². The van der Waals surface area contributed by atoms with Crippen LogP contribution >= 0.6 is 0 Å². The van der Waals surface area contributed by atoms with Crippen molar-refractivity contribution >= 4 is 86.2 Å². The summed E-state index contributed by atoms with van der Waals surface area (Å²) in [4.78, 5) is 0. The van der Waals surface area contributed by atoms with Gasteiger partial charge in [-0.25, -0.2) is 0 Å². The Morgan fingerprint density at radius 3 is 1.42 bits per heavy atom. The van der Waals surface area contributed by atoms with E-state index in [9.17, 15) is 0 Å². The van der Waals surface area contributed by atoms with Crippen molar-refractivity contribution in [3.63, 3.8) is 0 Å². The molecule has 0 radical (unpaired) electrons. The van der Waals surface area contributed by atoms with Crippen LogP contribution < -0.4 is 0 Å². The second kappa shape index (κ2) is 13.6. The summed E-state index contributed by atoms with van der Waals surface area (Å²) in [5, 5.41) is 20.9. The fourth-order valence-electron chi connectivity index (χ4n) is 11.4. The largest absolute Gasteiger partial charge is 0.0622 e. The lowest BCUT2D eigenvalue weighted by molar-refractivity contribution is 1.57. The fourth-order valence-corrected chi connectivity index (χ4v) is 11.4. The quantitative estimate of drug-likeness (QED) is 0.152. The molecule has 14 rings (SSSR count). The third-order valence-corrected chi connectivity index (χ3v) is 14.1. The maximum atomic E-state index is 2.56. The molecule has 294 valence electrons. The van der Waals surface area contributed by atoms with E-state index in [0.29, 0.717) is 0 Å².